The predicted octanol–water partition coefficient (Wildman–Crippen LogP) is 3.57. The van der Waals surface area contributed by atoms with Gasteiger partial charge in [-0.05, 0) is 12.1 Å². The summed E-state index contributed by atoms with van der Waals surface area (Å²) in [7, 11) is 3.17. The standard InChI is InChI=1S/C14H15ClN2O3S.CH4/c1-19-11-4-3-10(12(7-11)20-2)9-17(13(18)8-15)14-16-5-6-21-14;/h3-7H,8-9H2,1-2H3;1H4. The Bertz CT molecular complexity index is 605. The highest BCUT2D eigenvalue weighted by Crippen LogP contribution is 2.28. The number of amides is 1. The van der Waals surface area contributed by atoms with Crippen LogP contribution < -0.4 is 14.4 Å². The van der Waals surface area contributed by atoms with Gasteiger partial charge in [-0.2, -0.15) is 0 Å². The number of alkyl halides is 1. The van der Waals surface area contributed by atoms with Gasteiger partial charge in [0.2, 0.25) is 5.91 Å². The number of halogens is 1. The van der Waals surface area contributed by atoms with E-state index < -0.39 is 0 Å². The number of aromatic nitrogens is 1. The molecule has 0 bridgehead atoms. The number of hydrogen-bond donors (Lipinski definition) is 0. The summed E-state index contributed by atoms with van der Waals surface area (Å²) in [6, 6.07) is 5.46. The molecule has 7 heteroatoms. The zero-order chi connectivity index (χ0) is 15.2. The molecule has 2 aromatic rings. The lowest BCUT2D eigenvalue weighted by atomic mass is 10.1. The molecular weight excluding hydrogens is 324 g/mol. The number of benzene rings is 1. The summed E-state index contributed by atoms with van der Waals surface area (Å²) < 4.78 is 10.5. The summed E-state index contributed by atoms with van der Waals surface area (Å²) in [5.41, 5.74) is 0.854. The van der Waals surface area contributed by atoms with Crippen molar-refractivity contribution in [3.8, 4) is 11.5 Å². The number of rotatable bonds is 6. The molecule has 0 atom stereocenters. The Kier molecular flexibility index (Phi) is 7.14. The third kappa shape index (κ3) is 4.11. The Hall–Kier alpha value is -1.79. The largest absolute Gasteiger partial charge is 0.497 e. The van der Waals surface area contributed by atoms with Crippen molar-refractivity contribution in [3.63, 3.8) is 0 Å². The Labute approximate surface area is 139 Å². The van der Waals surface area contributed by atoms with Gasteiger partial charge in [0.15, 0.2) is 5.13 Å². The summed E-state index contributed by atoms with van der Waals surface area (Å²) >= 11 is 7.07. The third-order valence-electron chi connectivity index (χ3n) is 2.89. The van der Waals surface area contributed by atoms with Crippen LogP contribution in [0, 0.1) is 0 Å². The van der Waals surface area contributed by atoms with Gasteiger partial charge in [0, 0.05) is 23.2 Å². The minimum absolute atomic E-state index is 0. The summed E-state index contributed by atoms with van der Waals surface area (Å²) in [6.45, 7) is 0.340. The van der Waals surface area contributed by atoms with E-state index >= 15 is 0 Å². The number of hydrogen-bond acceptors (Lipinski definition) is 5. The Morgan fingerprint density at radius 3 is 2.68 bits per heavy atom. The van der Waals surface area contributed by atoms with E-state index in [2.05, 4.69) is 4.98 Å². The minimum atomic E-state index is -0.204. The van der Waals surface area contributed by atoms with E-state index in [9.17, 15) is 4.79 Å². The van der Waals surface area contributed by atoms with Gasteiger partial charge < -0.3 is 9.47 Å². The van der Waals surface area contributed by atoms with Gasteiger partial charge in [-0.15, -0.1) is 22.9 Å². The third-order valence-corrected chi connectivity index (χ3v) is 3.91. The number of nitrogens with zero attached hydrogens (tertiary/aromatic N) is 2. The molecule has 0 saturated carbocycles. The lowest BCUT2D eigenvalue weighted by Crippen LogP contribution is -2.31. The van der Waals surface area contributed by atoms with Gasteiger partial charge >= 0.3 is 0 Å². The van der Waals surface area contributed by atoms with Gasteiger partial charge in [0.1, 0.15) is 17.4 Å². The van der Waals surface area contributed by atoms with Gasteiger partial charge in [-0.3, -0.25) is 9.69 Å². The summed E-state index contributed by atoms with van der Waals surface area (Å²) in [5, 5.41) is 2.42. The maximum Gasteiger partial charge on any atom is 0.244 e. The number of anilines is 1. The Morgan fingerprint density at radius 1 is 1.36 bits per heavy atom. The van der Waals surface area contributed by atoms with Crippen LogP contribution in [0.3, 0.4) is 0 Å². The molecule has 0 aliphatic heterocycles. The quantitative estimate of drug-likeness (QED) is 0.753. The molecule has 22 heavy (non-hydrogen) atoms. The number of methoxy groups -OCH3 is 2. The van der Waals surface area contributed by atoms with Crippen LogP contribution in [0.5, 0.6) is 11.5 Å². The maximum absolute atomic E-state index is 12.0. The lowest BCUT2D eigenvalue weighted by molar-refractivity contribution is -0.116. The van der Waals surface area contributed by atoms with Crippen molar-refractivity contribution in [2.75, 3.05) is 25.0 Å². The van der Waals surface area contributed by atoms with E-state index in [1.54, 1.807) is 31.4 Å². The van der Waals surface area contributed by atoms with Crippen molar-refractivity contribution < 1.29 is 14.3 Å². The molecule has 0 N–H and O–H groups in total. The molecule has 1 heterocycles. The smallest absolute Gasteiger partial charge is 0.244 e. The number of thiazole rings is 1. The molecule has 0 unspecified atom stereocenters. The first-order valence-electron chi connectivity index (χ1n) is 6.16. The van der Waals surface area contributed by atoms with Crippen LogP contribution in [-0.4, -0.2) is 31.0 Å². The molecule has 0 aliphatic rings. The molecule has 1 aromatic heterocycles. The fraction of sp³-hybridized carbons (Fsp3) is 0.333. The summed E-state index contributed by atoms with van der Waals surface area (Å²) in [6.07, 6.45) is 1.65. The Balaban J connectivity index is 0.00000242. The van der Waals surface area contributed by atoms with Crippen LogP contribution in [0.15, 0.2) is 29.8 Å². The van der Waals surface area contributed by atoms with E-state index in [0.29, 0.717) is 23.2 Å². The normalized spacial score (nSPS) is 9.77. The van der Waals surface area contributed by atoms with Crippen molar-refractivity contribution >= 4 is 34.0 Å². The summed E-state index contributed by atoms with van der Waals surface area (Å²) in [5.74, 6) is 1.04. The van der Waals surface area contributed by atoms with Gasteiger partial charge in [0.25, 0.3) is 0 Å². The second-order valence-corrected chi connectivity index (χ2v) is 5.25. The van der Waals surface area contributed by atoms with Gasteiger partial charge in [-0.1, -0.05) is 7.43 Å². The first-order chi connectivity index (χ1) is 10.2. The van der Waals surface area contributed by atoms with Crippen LogP contribution in [0.1, 0.15) is 13.0 Å². The average molecular weight is 343 g/mol. The fourth-order valence-corrected chi connectivity index (χ4v) is 2.64. The topological polar surface area (TPSA) is 51.7 Å². The molecule has 1 amide bonds. The highest BCUT2D eigenvalue weighted by atomic mass is 35.5. The molecule has 0 fully saturated rings. The minimum Gasteiger partial charge on any atom is -0.497 e. The molecular formula is C15H19ClN2O3S. The predicted molar refractivity (Wildman–Crippen MR) is 90.3 cm³/mol. The highest BCUT2D eigenvalue weighted by molar-refractivity contribution is 7.13. The van der Waals surface area contributed by atoms with E-state index in [-0.39, 0.29) is 19.2 Å². The molecule has 1 aromatic carbocycles. The van der Waals surface area contributed by atoms with E-state index in [0.717, 1.165) is 5.56 Å². The van der Waals surface area contributed by atoms with E-state index in [4.69, 9.17) is 21.1 Å². The maximum atomic E-state index is 12.0. The number of ether oxygens (including phenoxy) is 2. The first kappa shape index (κ1) is 18.3. The lowest BCUT2D eigenvalue weighted by Gasteiger charge is -2.20. The van der Waals surface area contributed by atoms with Crippen LogP contribution in [0.25, 0.3) is 0 Å². The molecule has 0 saturated heterocycles. The fourth-order valence-electron chi connectivity index (χ4n) is 1.84. The first-order valence-corrected chi connectivity index (χ1v) is 7.57. The molecule has 0 radical (unpaired) electrons. The second-order valence-electron chi connectivity index (χ2n) is 4.11. The second kappa shape index (κ2) is 8.60. The van der Waals surface area contributed by atoms with Crippen LogP contribution in [-0.2, 0) is 11.3 Å². The number of carbonyl (C=O) groups is 1. The van der Waals surface area contributed by atoms with Crippen LogP contribution in [0.4, 0.5) is 5.13 Å². The van der Waals surface area contributed by atoms with Crippen molar-refractivity contribution in [2.45, 2.75) is 14.0 Å². The highest BCUT2D eigenvalue weighted by Gasteiger charge is 2.19. The molecule has 0 aliphatic carbocycles. The summed E-state index contributed by atoms with van der Waals surface area (Å²) in [4.78, 5) is 17.7. The average Bonchev–Trinajstić information content (AvgIpc) is 3.05. The SMILES string of the molecule is C.COc1ccc(CN(C(=O)CCl)c2nccs2)c(OC)c1. The van der Waals surface area contributed by atoms with Crippen molar-refractivity contribution in [1.82, 2.24) is 4.98 Å². The van der Waals surface area contributed by atoms with Crippen molar-refractivity contribution in [2.24, 2.45) is 0 Å². The van der Waals surface area contributed by atoms with Gasteiger partial charge in [-0.25, -0.2) is 4.98 Å². The van der Waals surface area contributed by atoms with Crippen LogP contribution >= 0.6 is 22.9 Å². The van der Waals surface area contributed by atoms with Crippen molar-refractivity contribution in [3.05, 3.63) is 35.3 Å². The Morgan fingerprint density at radius 2 is 2.14 bits per heavy atom. The number of carbonyl (C=O) groups excluding carboxylic acids is 1. The van der Waals surface area contributed by atoms with Crippen molar-refractivity contribution in [1.29, 1.82) is 0 Å². The monoisotopic (exact) mass is 342 g/mol. The zero-order valence-electron chi connectivity index (χ0n) is 11.7. The van der Waals surface area contributed by atoms with Crippen LogP contribution in [0.2, 0.25) is 0 Å². The zero-order valence-corrected chi connectivity index (χ0v) is 13.3. The van der Waals surface area contributed by atoms with E-state index in [1.165, 1.54) is 11.3 Å². The van der Waals surface area contributed by atoms with E-state index in [1.807, 2.05) is 17.5 Å². The molecule has 2 rings (SSSR count). The molecule has 120 valence electrons. The molecule has 0 spiro atoms. The van der Waals surface area contributed by atoms with Gasteiger partial charge in [0.05, 0.1) is 20.8 Å². The molecule has 5 nitrogen and oxygen atoms in total.